The van der Waals surface area contributed by atoms with Crippen LogP contribution in [0.4, 0.5) is 0 Å². The van der Waals surface area contributed by atoms with Gasteiger partial charge in [-0.3, -0.25) is 9.89 Å². The standard InChI is InChI=1S/C20H27N5O/c1-21-20(22-14-16-5-6-17-3-2-4-18(17)13-16)25-10-8-24(9-11-25)15-19-7-12-26-23-19/h5-7,12-13H,2-4,8-11,14-15H2,1H3,(H,21,22). The van der Waals surface area contributed by atoms with Crippen molar-refractivity contribution in [3.63, 3.8) is 0 Å². The van der Waals surface area contributed by atoms with Crippen molar-refractivity contribution in [2.75, 3.05) is 33.2 Å². The molecule has 1 aromatic carbocycles. The smallest absolute Gasteiger partial charge is 0.194 e. The molecule has 1 aromatic heterocycles. The van der Waals surface area contributed by atoms with E-state index in [-0.39, 0.29) is 0 Å². The van der Waals surface area contributed by atoms with E-state index in [0.29, 0.717) is 0 Å². The van der Waals surface area contributed by atoms with Crippen molar-refractivity contribution < 1.29 is 4.52 Å². The number of rotatable bonds is 4. The van der Waals surface area contributed by atoms with Crippen molar-refractivity contribution in [3.05, 3.63) is 52.9 Å². The van der Waals surface area contributed by atoms with Crippen molar-refractivity contribution >= 4 is 5.96 Å². The lowest BCUT2D eigenvalue weighted by molar-refractivity contribution is 0.169. The van der Waals surface area contributed by atoms with Gasteiger partial charge in [-0.05, 0) is 36.0 Å². The molecule has 0 spiro atoms. The summed E-state index contributed by atoms with van der Waals surface area (Å²) in [4.78, 5) is 9.23. The third-order valence-corrected chi connectivity index (χ3v) is 5.37. The molecule has 1 saturated heterocycles. The van der Waals surface area contributed by atoms with E-state index in [1.165, 1.54) is 36.0 Å². The van der Waals surface area contributed by atoms with Gasteiger partial charge in [-0.25, -0.2) is 0 Å². The normalized spacial score (nSPS) is 18.2. The summed E-state index contributed by atoms with van der Waals surface area (Å²) in [5.41, 5.74) is 5.40. The molecular formula is C20H27N5O. The van der Waals surface area contributed by atoms with Gasteiger partial charge in [0.15, 0.2) is 5.96 Å². The molecule has 0 unspecified atom stereocenters. The van der Waals surface area contributed by atoms with Crippen LogP contribution in [0.2, 0.25) is 0 Å². The predicted molar refractivity (Wildman–Crippen MR) is 102 cm³/mol. The number of aliphatic imine (C=N–C) groups is 1. The maximum atomic E-state index is 4.92. The lowest BCUT2D eigenvalue weighted by Gasteiger charge is -2.36. The average Bonchev–Trinajstić information content (AvgIpc) is 3.34. The van der Waals surface area contributed by atoms with Crippen LogP contribution in [0.1, 0.15) is 28.8 Å². The molecule has 1 aliphatic heterocycles. The maximum absolute atomic E-state index is 4.92. The van der Waals surface area contributed by atoms with E-state index in [4.69, 9.17) is 4.52 Å². The zero-order valence-corrected chi connectivity index (χ0v) is 15.4. The molecule has 4 rings (SSSR count). The Morgan fingerprint density at radius 2 is 2.00 bits per heavy atom. The summed E-state index contributed by atoms with van der Waals surface area (Å²) in [6.45, 7) is 5.65. The monoisotopic (exact) mass is 353 g/mol. The number of guanidine groups is 1. The molecule has 6 nitrogen and oxygen atoms in total. The van der Waals surface area contributed by atoms with E-state index in [9.17, 15) is 0 Å². The Balaban J connectivity index is 1.28. The Morgan fingerprint density at radius 1 is 1.15 bits per heavy atom. The third-order valence-electron chi connectivity index (χ3n) is 5.37. The summed E-state index contributed by atoms with van der Waals surface area (Å²) in [5, 5.41) is 7.54. The molecular weight excluding hydrogens is 326 g/mol. The van der Waals surface area contributed by atoms with Crippen LogP contribution < -0.4 is 5.32 Å². The first-order valence-corrected chi connectivity index (χ1v) is 9.50. The van der Waals surface area contributed by atoms with Crippen LogP contribution in [0.5, 0.6) is 0 Å². The fourth-order valence-electron chi connectivity index (χ4n) is 3.91. The number of piperazine rings is 1. The van der Waals surface area contributed by atoms with E-state index in [2.05, 4.69) is 43.5 Å². The summed E-state index contributed by atoms with van der Waals surface area (Å²) in [7, 11) is 1.87. The third kappa shape index (κ3) is 3.90. The molecule has 1 aliphatic carbocycles. The zero-order valence-electron chi connectivity index (χ0n) is 15.4. The van der Waals surface area contributed by atoms with Gasteiger partial charge in [0.2, 0.25) is 0 Å². The second-order valence-corrected chi connectivity index (χ2v) is 7.11. The molecule has 0 saturated carbocycles. The quantitative estimate of drug-likeness (QED) is 0.673. The van der Waals surface area contributed by atoms with Gasteiger partial charge in [-0.15, -0.1) is 0 Å². The van der Waals surface area contributed by atoms with Gasteiger partial charge in [-0.1, -0.05) is 23.4 Å². The van der Waals surface area contributed by atoms with Crippen molar-refractivity contribution in [1.29, 1.82) is 0 Å². The SMILES string of the molecule is CN=C(NCc1ccc2c(c1)CCC2)N1CCN(Cc2ccon2)CC1. The Bertz CT molecular complexity index is 748. The number of benzene rings is 1. The molecule has 138 valence electrons. The minimum Gasteiger partial charge on any atom is -0.364 e. The van der Waals surface area contributed by atoms with Crippen molar-refractivity contribution in [2.45, 2.75) is 32.4 Å². The second kappa shape index (κ2) is 7.91. The van der Waals surface area contributed by atoms with Crippen LogP contribution in [-0.4, -0.2) is 54.1 Å². The first-order chi connectivity index (χ1) is 12.8. The van der Waals surface area contributed by atoms with Crippen LogP contribution in [0.3, 0.4) is 0 Å². The van der Waals surface area contributed by atoms with Gasteiger partial charge in [0, 0.05) is 52.4 Å². The van der Waals surface area contributed by atoms with E-state index in [1.807, 2.05) is 13.1 Å². The maximum Gasteiger partial charge on any atom is 0.194 e. The Hall–Kier alpha value is -2.34. The van der Waals surface area contributed by atoms with Gasteiger partial charge in [-0.2, -0.15) is 0 Å². The molecule has 0 atom stereocenters. The highest BCUT2D eigenvalue weighted by molar-refractivity contribution is 5.80. The number of nitrogens with zero attached hydrogens (tertiary/aromatic N) is 4. The zero-order chi connectivity index (χ0) is 17.8. The van der Waals surface area contributed by atoms with Crippen LogP contribution in [-0.2, 0) is 25.9 Å². The molecule has 0 amide bonds. The van der Waals surface area contributed by atoms with Gasteiger partial charge in [0.1, 0.15) is 6.26 Å². The van der Waals surface area contributed by atoms with Gasteiger partial charge in [0.25, 0.3) is 0 Å². The molecule has 1 fully saturated rings. The van der Waals surface area contributed by atoms with Crippen LogP contribution in [0.15, 0.2) is 40.0 Å². The van der Waals surface area contributed by atoms with Crippen LogP contribution in [0.25, 0.3) is 0 Å². The minimum absolute atomic E-state index is 0.832. The summed E-state index contributed by atoms with van der Waals surface area (Å²) >= 11 is 0. The summed E-state index contributed by atoms with van der Waals surface area (Å²) < 4.78 is 4.92. The van der Waals surface area contributed by atoms with Crippen LogP contribution >= 0.6 is 0 Å². The minimum atomic E-state index is 0.832. The van der Waals surface area contributed by atoms with Crippen molar-refractivity contribution in [2.24, 2.45) is 4.99 Å². The molecule has 0 bridgehead atoms. The lowest BCUT2D eigenvalue weighted by atomic mass is 10.1. The predicted octanol–water partition coefficient (Wildman–Crippen LogP) is 2.06. The van der Waals surface area contributed by atoms with E-state index >= 15 is 0 Å². The fraction of sp³-hybridized carbons (Fsp3) is 0.500. The molecule has 1 N–H and O–H groups in total. The molecule has 2 aliphatic rings. The first kappa shape index (κ1) is 17.1. The van der Waals surface area contributed by atoms with Gasteiger partial charge >= 0.3 is 0 Å². The van der Waals surface area contributed by atoms with E-state index in [0.717, 1.165) is 50.9 Å². The summed E-state index contributed by atoms with van der Waals surface area (Å²) in [6.07, 6.45) is 5.40. The number of aromatic nitrogens is 1. The summed E-state index contributed by atoms with van der Waals surface area (Å²) in [5.74, 6) is 0.992. The number of aryl methyl sites for hydroxylation is 2. The highest BCUT2D eigenvalue weighted by atomic mass is 16.5. The van der Waals surface area contributed by atoms with E-state index in [1.54, 1.807) is 6.26 Å². The highest BCUT2D eigenvalue weighted by Crippen LogP contribution is 2.22. The van der Waals surface area contributed by atoms with Crippen LogP contribution in [0, 0.1) is 0 Å². The molecule has 26 heavy (non-hydrogen) atoms. The van der Waals surface area contributed by atoms with Gasteiger partial charge < -0.3 is 14.7 Å². The average molecular weight is 353 g/mol. The van der Waals surface area contributed by atoms with Crippen molar-refractivity contribution in [3.8, 4) is 0 Å². The second-order valence-electron chi connectivity index (χ2n) is 7.11. The first-order valence-electron chi connectivity index (χ1n) is 9.50. The summed E-state index contributed by atoms with van der Waals surface area (Å²) in [6, 6.07) is 8.84. The number of nitrogens with one attached hydrogen (secondary N) is 1. The Kier molecular flexibility index (Phi) is 5.20. The molecule has 6 heteroatoms. The lowest BCUT2D eigenvalue weighted by Crippen LogP contribution is -2.52. The Labute approximate surface area is 154 Å². The number of hydrogen-bond acceptors (Lipinski definition) is 4. The largest absolute Gasteiger partial charge is 0.364 e. The number of fused-ring (bicyclic) bond motifs is 1. The highest BCUT2D eigenvalue weighted by Gasteiger charge is 2.20. The fourth-order valence-corrected chi connectivity index (χ4v) is 3.91. The molecule has 2 heterocycles. The topological polar surface area (TPSA) is 56.9 Å². The molecule has 0 radical (unpaired) electrons. The number of hydrogen-bond donors (Lipinski definition) is 1. The van der Waals surface area contributed by atoms with E-state index < -0.39 is 0 Å². The Morgan fingerprint density at radius 3 is 2.77 bits per heavy atom. The van der Waals surface area contributed by atoms with Gasteiger partial charge in [0.05, 0.1) is 5.69 Å². The molecule has 2 aromatic rings. The van der Waals surface area contributed by atoms with Crippen molar-refractivity contribution in [1.82, 2.24) is 20.3 Å².